The van der Waals surface area contributed by atoms with E-state index in [1.807, 2.05) is 34.9 Å². The average Bonchev–Trinajstić information content (AvgIpc) is 3.05. The highest BCUT2D eigenvalue weighted by Gasteiger charge is 2.43. The van der Waals surface area contributed by atoms with Gasteiger partial charge in [0.2, 0.25) is 5.44 Å². The van der Waals surface area contributed by atoms with Gasteiger partial charge in [-0.2, -0.15) is 0 Å². The number of hydrogen-bond acceptors (Lipinski definition) is 6. The fourth-order valence-electron chi connectivity index (χ4n) is 5.84. The first-order chi connectivity index (χ1) is 16.5. The summed E-state index contributed by atoms with van der Waals surface area (Å²) in [7, 11) is -3.81. The maximum atomic E-state index is 13.8. The van der Waals surface area contributed by atoms with Gasteiger partial charge in [0.05, 0.1) is 24.2 Å². The van der Waals surface area contributed by atoms with Gasteiger partial charge in [-0.1, -0.05) is 31.6 Å². The summed E-state index contributed by atoms with van der Waals surface area (Å²) in [5.41, 5.74) is 0.983. The quantitative estimate of drug-likeness (QED) is 0.326. The molecule has 1 aromatic heterocycles. The highest BCUT2D eigenvalue weighted by atomic mass is 31.2. The number of fused-ring (bicyclic) bond motifs is 3. The van der Waals surface area contributed by atoms with Crippen molar-refractivity contribution in [3.8, 4) is 0 Å². The highest BCUT2D eigenvalue weighted by Crippen LogP contribution is 2.46. The van der Waals surface area contributed by atoms with Crippen LogP contribution in [0.5, 0.6) is 0 Å². The third-order valence-corrected chi connectivity index (χ3v) is 9.41. The number of benzene rings is 1. The van der Waals surface area contributed by atoms with Crippen molar-refractivity contribution in [2.24, 2.45) is 5.92 Å². The van der Waals surface area contributed by atoms with Crippen LogP contribution in [0.2, 0.25) is 0 Å². The molecule has 2 fully saturated rings. The molecular weight excluding hydrogens is 449 g/mol. The zero-order valence-electron chi connectivity index (χ0n) is 20.7. The predicted octanol–water partition coefficient (Wildman–Crippen LogP) is 5.06. The van der Waals surface area contributed by atoms with Crippen LogP contribution in [0.15, 0.2) is 41.7 Å². The summed E-state index contributed by atoms with van der Waals surface area (Å²) in [6.45, 7) is 11.1. The average molecular weight is 488 g/mol. The van der Waals surface area contributed by atoms with Crippen molar-refractivity contribution in [2.45, 2.75) is 77.4 Å². The molecule has 0 spiro atoms. The van der Waals surface area contributed by atoms with Crippen molar-refractivity contribution in [1.29, 1.82) is 0 Å². The zero-order chi connectivity index (χ0) is 24.3. The van der Waals surface area contributed by atoms with Crippen LogP contribution in [0.4, 0.5) is 0 Å². The van der Waals surface area contributed by atoms with Crippen molar-refractivity contribution in [1.82, 2.24) is 14.5 Å². The lowest BCUT2D eigenvalue weighted by atomic mass is 9.93. The molecule has 1 aromatic carbocycles. The van der Waals surface area contributed by atoms with E-state index in [-0.39, 0.29) is 30.2 Å². The molecule has 0 saturated carbocycles. The first-order valence-electron chi connectivity index (χ1n) is 12.7. The van der Waals surface area contributed by atoms with Crippen molar-refractivity contribution in [2.75, 3.05) is 19.8 Å². The number of para-hydroxylation sites is 2. The van der Waals surface area contributed by atoms with Gasteiger partial charge in [0, 0.05) is 24.7 Å². The molecule has 4 rings (SSSR count). The van der Waals surface area contributed by atoms with Crippen LogP contribution in [0, 0.1) is 5.92 Å². The van der Waals surface area contributed by atoms with Crippen LogP contribution in [0.3, 0.4) is 0 Å². The van der Waals surface area contributed by atoms with E-state index in [0.29, 0.717) is 23.5 Å². The van der Waals surface area contributed by atoms with E-state index in [1.54, 1.807) is 13.8 Å². The molecule has 7 nitrogen and oxygen atoms in total. The fourth-order valence-corrected chi connectivity index (χ4v) is 7.41. The molecule has 2 bridgehead atoms. The molecule has 0 N–H and O–H groups in total. The van der Waals surface area contributed by atoms with Crippen molar-refractivity contribution in [3.63, 3.8) is 0 Å². The Hall–Kier alpha value is -1.79. The standard InChI is InChI=1S/C26H38N3O4P/c1-5-11-19(6-2)18-28-20-14-15-21(28)17-22(16-20)29-24-13-10-9-12-23(24)27-25(26(29)30)34(31,32-7-3)33-8-4/h5,9-10,12-13,19-22H,1,6-8,11,14-18H2,2-4H3/t19?,20-,21+,22+. The second-order valence-electron chi connectivity index (χ2n) is 9.44. The third kappa shape index (κ3) is 4.81. The molecule has 0 radical (unpaired) electrons. The van der Waals surface area contributed by atoms with E-state index in [1.165, 1.54) is 0 Å². The van der Waals surface area contributed by atoms with Crippen LogP contribution in [-0.4, -0.2) is 46.3 Å². The minimum atomic E-state index is -3.81. The predicted molar refractivity (Wildman–Crippen MR) is 137 cm³/mol. The van der Waals surface area contributed by atoms with Crippen LogP contribution in [0.1, 0.15) is 65.3 Å². The lowest BCUT2D eigenvalue weighted by Crippen LogP contribution is -2.48. The Balaban J connectivity index is 1.73. The van der Waals surface area contributed by atoms with E-state index in [0.717, 1.165) is 50.6 Å². The third-order valence-electron chi connectivity index (χ3n) is 7.41. The van der Waals surface area contributed by atoms with Crippen LogP contribution in [-0.2, 0) is 13.6 Å². The molecule has 2 aromatic rings. The summed E-state index contributed by atoms with van der Waals surface area (Å²) >= 11 is 0. The first kappa shape index (κ1) is 25.3. The van der Waals surface area contributed by atoms with Gasteiger partial charge in [-0.25, -0.2) is 4.98 Å². The van der Waals surface area contributed by atoms with Gasteiger partial charge in [0.1, 0.15) is 0 Å². The van der Waals surface area contributed by atoms with E-state index in [4.69, 9.17) is 9.05 Å². The molecule has 186 valence electrons. The Labute approximate surface area is 202 Å². The number of hydrogen-bond donors (Lipinski definition) is 0. The lowest BCUT2D eigenvalue weighted by Gasteiger charge is -2.41. The first-order valence-corrected chi connectivity index (χ1v) is 14.3. The Morgan fingerprint density at radius 1 is 1.12 bits per heavy atom. The molecule has 4 atom stereocenters. The summed E-state index contributed by atoms with van der Waals surface area (Å²) in [5, 5.41) is 0. The Bertz CT molecular complexity index is 1090. The van der Waals surface area contributed by atoms with E-state index >= 15 is 0 Å². The van der Waals surface area contributed by atoms with E-state index in [9.17, 15) is 9.36 Å². The van der Waals surface area contributed by atoms with E-state index in [2.05, 4.69) is 23.4 Å². The SMILES string of the molecule is C=CCC(CC)CN1[C@@H]2CC[C@H]1C[C@@H](n1c(=O)c(P(=O)(OCC)OCC)nc3ccccc31)C2. The van der Waals surface area contributed by atoms with Gasteiger partial charge in [-0.3, -0.25) is 14.3 Å². The normalized spacial score (nSPS) is 23.9. The minimum Gasteiger partial charge on any atom is -0.304 e. The number of allylic oxidation sites excluding steroid dienone is 1. The summed E-state index contributed by atoms with van der Waals surface area (Å²) < 4.78 is 26.5. The Morgan fingerprint density at radius 3 is 2.35 bits per heavy atom. The molecule has 0 aliphatic carbocycles. The summed E-state index contributed by atoms with van der Waals surface area (Å²) in [6.07, 6.45) is 8.34. The molecule has 34 heavy (non-hydrogen) atoms. The molecule has 2 aliphatic rings. The number of piperidine rings is 1. The largest absolute Gasteiger partial charge is 0.385 e. The molecule has 2 aliphatic heterocycles. The van der Waals surface area contributed by atoms with Gasteiger partial charge in [-0.05, 0) is 64.0 Å². The van der Waals surface area contributed by atoms with E-state index < -0.39 is 7.60 Å². The van der Waals surface area contributed by atoms with Gasteiger partial charge < -0.3 is 13.6 Å². The van der Waals surface area contributed by atoms with Gasteiger partial charge >= 0.3 is 7.60 Å². The molecule has 1 unspecified atom stereocenters. The summed E-state index contributed by atoms with van der Waals surface area (Å²) in [5.74, 6) is 0.622. The second-order valence-corrected chi connectivity index (χ2v) is 11.4. The molecule has 2 saturated heterocycles. The van der Waals surface area contributed by atoms with Gasteiger partial charge in [-0.15, -0.1) is 6.58 Å². The number of nitrogens with zero attached hydrogens (tertiary/aromatic N) is 3. The Kier molecular flexibility index (Phi) is 8.08. The molecule has 3 heterocycles. The topological polar surface area (TPSA) is 73.7 Å². The zero-order valence-corrected chi connectivity index (χ0v) is 21.6. The van der Waals surface area contributed by atoms with Crippen molar-refractivity contribution in [3.05, 3.63) is 47.3 Å². The maximum absolute atomic E-state index is 13.8. The second kappa shape index (κ2) is 10.9. The lowest BCUT2D eigenvalue weighted by molar-refractivity contribution is 0.0885. The van der Waals surface area contributed by atoms with Crippen molar-refractivity contribution >= 4 is 24.1 Å². The highest BCUT2D eigenvalue weighted by molar-refractivity contribution is 7.61. The van der Waals surface area contributed by atoms with Crippen LogP contribution >= 0.6 is 7.60 Å². The number of aromatic nitrogens is 2. The van der Waals surface area contributed by atoms with Gasteiger partial charge in [0.15, 0.2) is 0 Å². The molecule has 8 heteroatoms. The molecule has 0 amide bonds. The monoisotopic (exact) mass is 487 g/mol. The number of rotatable bonds is 11. The molecular formula is C26H38N3O4P. The maximum Gasteiger partial charge on any atom is 0.385 e. The fraction of sp³-hybridized carbons (Fsp3) is 0.615. The van der Waals surface area contributed by atoms with Crippen molar-refractivity contribution < 1.29 is 13.6 Å². The van der Waals surface area contributed by atoms with Crippen LogP contribution < -0.4 is 11.0 Å². The Morgan fingerprint density at radius 2 is 1.76 bits per heavy atom. The summed E-state index contributed by atoms with van der Waals surface area (Å²) in [4.78, 5) is 21.0. The summed E-state index contributed by atoms with van der Waals surface area (Å²) in [6, 6.07) is 8.55. The smallest absolute Gasteiger partial charge is 0.304 e. The van der Waals surface area contributed by atoms with Crippen LogP contribution in [0.25, 0.3) is 11.0 Å². The van der Waals surface area contributed by atoms with Gasteiger partial charge in [0.25, 0.3) is 5.56 Å². The minimum absolute atomic E-state index is 0.0316.